The predicted molar refractivity (Wildman–Crippen MR) is 115 cm³/mol. The largest absolute Gasteiger partial charge is 0.493 e. The maximum atomic E-state index is 5.85. The molecule has 3 aromatic carbocycles. The molecular formula is C25H29NO2. The Bertz CT molecular complexity index is 790. The van der Waals surface area contributed by atoms with Crippen LogP contribution in [0.1, 0.15) is 24.0 Å². The lowest BCUT2D eigenvalue weighted by molar-refractivity contribution is 0.291. The van der Waals surface area contributed by atoms with Gasteiger partial charge in [-0.3, -0.25) is 0 Å². The second-order valence-corrected chi connectivity index (χ2v) is 6.79. The fourth-order valence-electron chi connectivity index (χ4n) is 2.97. The van der Waals surface area contributed by atoms with Crippen molar-refractivity contribution in [2.75, 3.05) is 19.7 Å². The van der Waals surface area contributed by atoms with Crippen LogP contribution in [0.3, 0.4) is 0 Å². The van der Waals surface area contributed by atoms with Gasteiger partial charge in [-0.2, -0.15) is 0 Å². The Kier molecular flexibility index (Phi) is 8.44. The summed E-state index contributed by atoms with van der Waals surface area (Å²) in [6.07, 6.45) is 3.27. The smallest absolute Gasteiger partial charge is 0.123 e. The monoisotopic (exact) mass is 375 g/mol. The van der Waals surface area contributed by atoms with Crippen LogP contribution < -0.4 is 14.8 Å². The first kappa shape index (κ1) is 20.0. The molecule has 0 unspecified atom stereocenters. The normalized spacial score (nSPS) is 10.6. The van der Waals surface area contributed by atoms with Crippen molar-refractivity contribution in [1.29, 1.82) is 0 Å². The molecule has 0 aliphatic carbocycles. The number of hydrogen-bond acceptors (Lipinski definition) is 3. The third-order valence-electron chi connectivity index (χ3n) is 4.48. The van der Waals surface area contributed by atoms with E-state index in [1.54, 1.807) is 0 Å². The Morgan fingerprint density at radius 3 is 2.00 bits per heavy atom. The molecular weight excluding hydrogens is 346 g/mol. The van der Waals surface area contributed by atoms with Crippen LogP contribution >= 0.6 is 0 Å². The summed E-state index contributed by atoms with van der Waals surface area (Å²) in [5.41, 5.74) is 2.56. The van der Waals surface area contributed by atoms with Gasteiger partial charge in [-0.25, -0.2) is 0 Å². The average molecular weight is 376 g/mol. The maximum Gasteiger partial charge on any atom is 0.123 e. The van der Waals surface area contributed by atoms with E-state index in [0.29, 0.717) is 13.2 Å². The molecule has 3 rings (SSSR count). The Balaban J connectivity index is 1.26. The molecule has 3 nitrogen and oxygen atoms in total. The number of nitrogens with one attached hydrogen (secondary N) is 1. The van der Waals surface area contributed by atoms with Crippen LogP contribution in [-0.2, 0) is 13.0 Å². The van der Waals surface area contributed by atoms with Gasteiger partial charge in [0.2, 0.25) is 0 Å². The molecule has 0 atom stereocenters. The van der Waals surface area contributed by atoms with E-state index in [-0.39, 0.29) is 0 Å². The summed E-state index contributed by atoms with van der Waals surface area (Å²) in [5, 5.41) is 3.49. The maximum absolute atomic E-state index is 5.85. The van der Waals surface area contributed by atoms with Crippen LogP contribution in [0.4, 0.5) is 0 Å². The van der Waals surface area contributed by atoms with Crippen molar-refractivity contribution in [2.24, 2.45) is 0 Å². The van der Waals surface area contributed by atoms with Gasteiger partial charge in [0, 0.05) is 6.07 Å². The minimum atomic E-state index is 0.567. The molecule has 28 heavy (non-hydrogen) atoms. The molecule has 1 N–H and O–H groups in total. The number of hydrogen-bond donors (Lipinski definition) is 1. The van der Waals surface area contributed by atoms with Gasteiger partial charge >= 0.3 is 0 Å². The highest BCUT2D eigenvalue weighted by molar-refractivity contribution is 5.33. The van der Waals surface area contributed by atoms with Gasteiger partial charge in [0.05, 0.1) is 6.61 Å². The van der Waals surface area contributed by atoms with Crippen molar-refractivity contribution in [2.45, 2.75) is 25.9 Å². The van der Waals surface area contributed by atoms with E-state index in [2.05, 4.69) is 47.8 Å². The third-order valence-corrected chi connectivity index (χ3v) is 4.48. The van der Waals surface area contributed by atoms with Gasteiger partial charge in [-0.1, -0.05) is 66.7 Å². The van der Waals surface area contributed by atoms with Crippen molar-refractivity contribution in [3.63, 3.8) is 0 Å². The number of rotatable bonds is 12. The molecule has 3 heteroatoms. The molecule has 3 aromatic rings. The molecule has 0 aliphatic rings. The minimum absolute atomic E-state index is 0.567. The molecule has 0 aromatic heterocycles. The van der Waals surface area contributed by atoms with Crippen LogP contribution in [0.15, 0.2) is 84.9 Å². The second-order valence-electron chi connectivity index (χ2n) is 6.79. The SMILES string of the molecule is c1ccc(CCCNCCCOc2cccc(OCc3ccccc3)c2)cc1. The highest BCUT2D eigenvalue weighted by Gasteiger charge is 1.99. The van der Waals surface area contributed by atoms with Crippen LogP contribution in [-0.4, -0.2) is 19.7 Å². The van der Waals surface area contributed by atoms with E-state index in [1.807, 2.05) is 42.5 Å². The first-order chi connectivity index (χ1) is 13.9. The topological polar surface area (TPSA) is 30.5 Å². The summed E-state index contributed by atoms with van der Waals surface area (Å²) in [7, 11) is 0. The summed E-state index contributed by atoms with van der Waals surface area (Å²) in [6, 6.07) is 28.7. The van der Waals surface area contributed by atoms with E-state index in [1.165, 1.54) is 5.56 Å². The van der Waals surface area contributed by atoms with Crippen LogP contribution in [0.5, 0.6) is 11.5 Å². The quantitative estimate of drug-likeness (QED) is 0.438. The first-order valence-electron chi connectivity index (χ1n) is 10.0. The molecule has 0 fully saturated rings. The molecule has 0 saturated heterocycles. The van der Waals surface area contributed by atoms with Gasteiger partial charge in [0.1, 0.15) is 18.1 Å². The fourth-order valence-corrected chi connectivity index (χ4v) is 2.97. The highest BCUT2D eigenvalue weighted by Crippen LogP contribution is 2.20. The zero-order valence-electron chi connectivity index (χ0n) is 16.3. The summed E-state index contributed by atoms with van der Waals surface area (Å²) in [6.45, 7) is 3.28. The molecule has 0 spiro atoms. The van der Waals surface area contributed by atoms with Gasteiger partial charge in [-0.05, 0) is 55.6 Å². The third kappa shape index (κ3) is 7.45. The Labute approximate surface area is 168 Å². The number of benzene rings is 3. The summed E-state index contributed by atoms with van der Waals surface area (Å²) < 4.78 is 11.7. The first-order valence-corrected chi connectivity index (χ1v) is 10.0. The molecule has 146 valence electrons. The molecule has 0 amide bonds. The van der Waals surface area contributed by atoms with E-state index in [9.17, 15) is 0 Å². The lowest BCUT2D eigenvalue weighted by atomic mass is 10.1. The second kappa shape index (κ2) is 11.8. The summed E-state index contributed by atoms with van der Waals surface area (Å²) in [4.78, 5) is 0. The van der Waals surface area contributed by atoms with Crippen molar-refractivity contribution < 1.29 is 9.47 Å². The van der Waals surface area contributed by atoms with Crippen molar-refractivity contribution in [1.82, 2.24) is 5.32 Å². The summed E-state index contributed by atoms with van der Waals surface area (Å²) >= 11 is 0. The lowest BCUT2D eigenvalue weighted by Crippen LogP contribution is -2.19. The number of aryl methyl sites for hydroxylation is 1. The van der Waals surface area contributed by atoms with E-state index in [4.69, 9.17) is 9.47 Å². The van der Waals surface area contributed by atoms with Gasteiger partial charge in [0.25, 0.3) is 0 Å². The van der Waals surface area contributed by atoms with E-state index < -0.39 is 0 Å². The number of ether oxygens (including phenoxy) is 2. The van der Waals surface area contributed by atoms with Crippen molar-refractivity contribution in [3.05, 3.63) is 96.1 Å². The molecule has 0 saturated carbocycles. The molecule has 0 heterocycles. The van der Waals surface area contributed by atoms with Crippen LogP contribution in [0.2, 0.25) is 0 Å². The zero-order valence-corrected chi connectivity index (χ0v) is 16.3. The minimum Gasteiger partial charge on any atom is -0.493 e. The Morgan fingerprint density at radius 1 is 0.607 bits per heavy atom. The van der Waals surface area contributed by atoms with Gasteiger partial charge in [-0.15, -0.1) is 0 Å². The Hall–Kier alpha value is -2.78. The predicted octanol–water partition coefficient (Wildman–Crippen LogP) is 5.26. The van der Waals surface area contributed by atoms with Crippen LogP contribution in [0.25, 0.3) is 0 Å². The standard InChI is InChI=1S/C25H29NO2/c1-3-10-22(11-4-1)14-8-17-26-18-9-19-27-24-15-7-16-25(20-24)28-21-23-12-5-2-6-13-23/h1-7,10-13,15-16,20,26H,8-9,14,17-19,21H2. The van der Waals surface area contributed by atoms with E-state index in [0.717, 1.165) is 49.4 Å². The van der Waals surface area contributed by atoms with E-state index >= 15 is 0 Å². The van der Waals surface area contributed by atoms with Crippen molar-refractivity contribution in [3.8, 4) is 11.5 Å². The molecule has 0 aliphatic heterocycles. The highest BCUT2D eigenvalue weighted by atomic mass is 16.5. The van der Waals surface area contributed by atoms with Gasteiger partial charge < -0.3 is 14.8 Å². The zero-order chi connectivity index (χ0) is 19.3. The molecule has 0 bridgehead atoms. The average Bonchev–Trinajstić information content (AvgIpc) is 2.76. The summed E-state index contributed by atoms with van der Waals surface area (Å²) in [5.74, 6) is 1.69. The molecule has 0 radical (unpaired) electrons. The fraction of sp³-hybridized carbons (Fsp3) is 0.280. The Morgan fingerprint density at radius 2 is 1.25 bits per heavy atom. The van der Waals surface area contributed by atoms with Crippen molar-refractivity contribution >= 4 is 0 Å². The van der Waals surface area contributed by atoms with Crippen LogP contribution in [0, 0.1) is 0 Å². The lowest BCUT2D eigenvalue weighted by Gasteiger charge is -2.10. The van der Waals surface area contributed by atoms with Gasteiger partial charge in [0.15, 0.2) is 0 Å².